The Morgan fingerprint density at radius 3 is 2.81 bits per heavy atom. The molecular weight excluding hydrogens is 336 g/mol. The van der Waals surface area contributed by atoms with Crippen molar-refractivity contribution in [2.24, 2.45) is 23.9 Å². The van der Waals surface area contributed by atoms with Gasteiger partial charge >= 0.3 is 5.97 Å². The van der Waals surface area contributed by atoms with E-state index in [4.69, 9.17) is 4.84 Å². The fraction of sp³-hybridized carbons (Fsp3) is 0.722. The Balaban J connectivity index is 1.62. The van der Waals surface area contributed by atoms with Crippen LogP contribution in [0, 0.1) is 11.8 Å². The zero-order valence-electron chi connectivity index (χ0n) is 15.3. The second-order valence-electron chi connectivity index (χ2n) is 7.38. The van der Waals surface area contributed by atoms with Crippen LogP contribution < -0.4 is 0 Å². The average molecular weight is 364 g/mol. The first kappa shape index (κ1) is 18.8. The fourth-order valence-electron chi connectivity index (χ4n) is 3.98. The molecule has 8 nitrogen and oxygen atoms in total. The highest BCUT2D eigenvalue weighted by molar-refractivity contribution is 5.95. The molecule has 3 rings (SSSR count). The number of aliphatic imine (C=N–C) groups is 1. The number of aryl methyl sites for hydroxylation is 1. The highest BCUT2D eigenvalue weighted by Gasteiger charge is 2.35. The molecule has 2 heterocycles. The lowest BCUT2D eigenvalue weighted by Crippen LogP contribution is -2.28. The fourth-order valence-corrected chi connectivity index (χ4v) is 3.98. The maximum Gasteiger partial charge on any atom is 0.303 e. The predicted octanol–water partition coefficient (Wildman–Crippen LogP) is 2.97. The van der Waals surface area contributed by atoms with Crippen molar-refractivity contribution >= 4 is 11.8 Å². The van der Waals surface area contributed by atoms with Crippen LogP contribution in [0.1, 0.15) is 63.6 Å². The minimum Gasteiger partial charge on any atom is -0.481 e. The molecule has 0 bridgehead atoms. The number of carboxylic acid groups (broad SMARTS) is 1. The lowest BCUT2D eigenvalue weighted by molar-refractivity contribution is -0.299. The van der Waals surface area contributed by atoms with Crippen LogP contribution in [0.4, 0.5) is 0 Å². The molecule has 2 aliphatic rings. The molecule has 144 valence electrons. The van der Waals surface area contributed by atoms with Crippen LogP contribution in [-0.4, -0.2) is 43.1 Å². The van der Waals surface area contributed by atoms with Gasteiger partial charge in [-0.25, -0.2) is 14.8 Å². The Labute approximate surface area is 153 Å². The molecule has 2 atom stereocenters. The van der Waals surface area contributed by atoms with Crippen molar-refractivity contribution in [3.05, 3.63) is 18.2 Å². The molecule has 0 saturated heterocycles. The lowest BCUT2D eigenvalue weighted by atomic mass is 9.84. The molecule has 1 aliphatic heterocycles. The van der Waals surface area contributed by atoms with E-state index in [1.165, 1.54) is 32.1 Å². The molecule has 8 heteroatoms. The summed E-state index contributed by atoms with van der Waals surface area (Å²) >= 11 is 0. The summed E-state index contributed by atoms with van der Waals surface area (Å²) in [4.78, 5) is 25.3. The van der Waals surface area contributed by atoms with Crippen molar-refractivity contribution in [3.8, 4) is 0 Å². The summed E-state index contributed by atoms with van der Waals surface area (Å²) in [5.41, 5.74) is 0. The van der Waals surface area contributed by atoms with Crippen molar-refractivity contribution in [2.45, 2.75) is 64.0 Å². The van der Waals surface area contributed by atoms with E-state index in [-0.39, 0.29) is 18.2 Å². The topological polar surface area (TPSA) is 100 Å². The molecule has 2 N–H and O–H groups in total. The van der Waals surface area contributed by atoms with Gasteiger partial charge in [0.1, 0.15) is 0 Å². The third-order valence-corrected chi connectivity index (χ3v) is 5.41. The van der Waals surface area contributed by atoms with Crippen LogP contribution in [0.3, 0.4) is 0 Å². The van der Waals surface area contributed by atoms with Crippen molar-refractivity contribution < 1.29 is 19.9 Å². The van der Waals surface area contributed by atoms with E-state index in [2.05, 4.69) is 9.98 Å². The Bertz CT molecular complexity index is 639. The van der Waals surface area contributed by atoms with Crippen LogP contribution >= 0.6 is 0 Å². The second-order valence-corrected chi connectivity index (χ2v) is 7.38. The first-order chi connectivity index (χ1) is 12.5. The van der Waals surface area contributed by atoms with Gasteiger partial charge in [0.15, 0.2) is 12.1 Å². The standard InChI is InChI=1S/C18H28N4O4/c1-21-11-10-19-16(21)17-20-18(26-22(17)25)14(12-15(23)24)9-5-8-13-6-3-2-4-7-13/h10-11,13-14,18,25H,2-9,12H2,1H3,(H,23,24)/t14-,18?/m1/s1. The third kappa shape index (κ3) is 4.62. The minimum absolute atomic E-state index is 0.0273. The molecule has 1 unspecified atom stereocenters. The first-order valence-electron chi connectivity index (χ1n) is 9.47. The van der Waals surface area contributed by atoms with Crippen molar-refractivity contribution in [1.29, 1.82) is 0 Å². The summed E-state index contributed by atoms with van der Waals surface area (Å²) < 4.78 is 1.73. The molecular formula is C18H28N4O4. The molecule has 0 radical (unpaired) electrons. The maximum atomic E-state index is 11.3. The van der Waals surface area contributed by atoms with Gasteiger partial charge in [-0.05, 0) is 12.3 Å². The van der Waals surface area contributed by atoms with Gasteiger partial charge in [-0.2, -0.15) is 0 Å². The number of aromatic nitrogens is 2. The van der Waals surface area contributed by atoms with Gasteiger partial charge in [0.05, 0.1) is 6.42 Å². The number of aliphatic carboxylic acids is 1. The molecule has 26 heavy (non-hydrogen) atoms. The number of imidazole rings is 1. The minimum atomic E-state index is -0.874. The molecule has 0 aromatic carbocycles. The molecule has 1 fully saturated rings. The van der Waals surface area contributed by atoms with Crippen LogP contribution in [0.2, 0.25) is 0 Å². The molecule has 0 amide bonds. The van der Waals surface area contributed by atoms with Gasteiger partial charge in [-0.3, -0.25) is 10.0 Å². The normalized spacial score (nSPS) is 22.5. The summed E-state index contributed by atoms with van der Waals surface area (Å²) in [6.07, 6.45) is 12.0. The van der Waals surface area contributed by atoms with E-state index in [1.54, 1.807) is 24.0 Å². The maximum absolute atomic E-state index is 11.3. The number of hydroxylamine groups is 2. The van der Waals surface area contributed by atoms with Crippen LogP contribution in [0.15, 0.2) is 17.4 Å². The second kappa shape index (κ2) is 8.64. The zero-order chi connectivity index (χ0) is 18.5. The summed E-state index contributed by atoms with van der Waals surface area (Å²) in [7, 11) is 1.80. The number of rotatable bonds is 8. The SMILES string of the molecule is Cn1ccnc1C1=NC([C@H](CCCC2CCCCC2)CC(=O)O)ON1O. The van der Waals surface area contributed by atoms with Crippen LogP contribution in [0.25, 0.3) is 0 Å². The van der Waals surface area contributed by atoms with Gasteiger partial charge in [0.2, 0.25) is 5.84 Å². The van der Waals surface area contributed by atoms with Gasteiger partial charge in [0.25, 0.3) is 0 Å². The number of hydrogen-bond donors (Lipinski definition) is 2. The highest BCUT2D eigenvalue weighted by atomic mass is 16.9. The van der Waals surface area contributed by atoms with E-state index >= 15 is 0 Å². The molecule has 1 aliphatic carbocycles. The van der Waals surface area contributed by atoms with Crippen LogP contribution in [0.5, 0.6) is 0 Å². The van der Waals surface area contributed by atoms with Crippen LogP contribution in [-0.2, 0) is 16.7 Å². The predicted molar refractivity (Wildman–Crippen MR) is 94.4 cm³/mol. The van der Waals surface area contributed by atoms with Gasteiger partial charge in [0, 0.05) is 25.4 Å². The molecule has 1 aromatic rings. The first-order valence-corrected chi connectivity index (χ1v) is 9.47. The summed E-state index contributed by atoms with van der Waals surface area (Å²) in [6.45, 7) is 0. The van der Waals surface area contributed by atoms with Crippen molar-refractivity contribution in [3.63, 3.8) is 0 Å². The number of carboxylic acids is 1. The largest absolute Gasteiger partial charge is 0.481 e. The lowest BCUT2D eigenvalue weighted by Gasteiger charge is -2.23. The summed E-state index contributed by atoms with van der Waals surface area (Å²) in [5.74, 6) is 0.307. The van der Waals surface area contributed by atoms with E-state index in [1.807, 2.05) is 0 Å². The molecule has 1 aromatic heterocycles. The zero-order valence-corrected chi connectivity index (χ0v) is 15.3. The molecule has 0 spiro atoms. The Morgan fingerprint density at radius 2 is 2.15 bits per heavy atom. The number of carbonyl (C=O) groups is 1. The summed E-state index contributed by atoms with van der Waals surface area (Å²) in [6, 6.07) is 0. The molecule has 1 saturated carbocycles. The monoisotopic (exact) mass is 364 g/mol. The van der Waals surface area contributed by atoms with Crippen molar-refractivity contribution in [1.82, 2.24) is 14.8 Å². The van der Waals surface area contributed by atoms with E-state index < -0.39 is 12.2 Å². The number of nitrogens with zero attached hydrogens (tertiary/aromatic N) is 4. The summed E-state index contributed by atoms with van der Waals surface area (Å²) in [5, 5.41) is 19.9. The number of hydrogen-bond acceptors (Lipinski definition) is 6. The van der Waals surface area contributed by atoms with Gasteiger partial charge < -0.3 is 9.67 Å². The van der Waals surface area contributed by atoms with E-state index in [0.29, 0.717) is 11.1 Å². The Hall–Kier alpha value is -1.93. The average Bonchev–Trinajstić information content (AvgIpc) is 3.20. The number of amidine groups is 1. The Kier molecular flexibility index (Phi) is 6.26. The van der Waals surface area contributed by atoms with Gasteiger partial charge in [-0.1, -0.05) is 44.9 Å². The smallest absolute Gasteiger partial charge is 0.303 e. The van der Waals surface area contributed by atoms with E-state index in [0.717, 1.165) is 25.2 Å². The van der Waals surface area contributed by atoms with Gasteiger partial charge in [-0.15, -0.1) is 5.23 Å². The van der Waals surface area contributed by atoms with E-state index in [9.17, 15) is 15.1 Å². The third-order valence-electron chi connectivity index (χ3n) is 5.41. The Morgan fingerprint density at radius 1 is 1.38 bits per heavy atom. The quantitative estimate of drug-likeness (QED) is 0.735. The highest BCUT2D eigenvalue weighted by Crippen LogP contribution is 2.31. The van der Waals surface area contributed by atoms with Crippen molar-refractivity contribution in [2.75, 3.05) is 0 Å².